The highest BCUT2D eigenvalue weighted by Crippen LogP contribution is 2.32. The van der Waals surface area contributed by atoms with Crippen molar-refractivity contribution in [2.45, 2.75) is 38.1 Å². The van der Waals surface area contributed by atoms with Crippen LogP contribution < -0.4 is 11.1 Å². The van der Waals surface area contributed by atoms with Crippen molar-refractivity contribution >= 4 is 5.78 Å². The highest BCUT2D eigenvalue weighted by Gasteiger charge is 2.50. The van der Waals surface area contributed by atoms with E-state index >= 15 is 0 Å². The molecular weight excluding hydrogens is 230 g/mol. The fraction of sp³-hybridized carbons (Fsp3) is 0.462. The maximum atomic E-state index is 12.3. The summed E-state index contributed by atoms with van der Waals surface area (Å²) in [6, 6.07) is 8.74. The fourth-order valence-corrected chi connectivity index (χ4v) is 2.02. The van der Waals surface area contributed by atoms with Crippen LogP contribution in [0, 0.1) is 5.21 Å². The summed E-state index contributed by atoms with van der Waals surface area (Å²) in [5, 5.41) is 15.8. The van der Waals surface area contributed by atoms with E-state index in [1.54, 1.807) is 31.2 Å². The number of nitrogens with zero attached hydrogens (tertiary/aromatic N) is 1. The van der Waals surface area contributed by atoms with Gasteiger partial charge in [0, 0.05) is 11.1 Å². The number of ketones is 1. The van der Waals surface area contributed by atoms with Gasteiger partial charge in [-0.25, -0.2) is 0 Å². The molecule has 1 aliphatic rings. The lowest BCUT2D eigenvalue weighted by molar-refractivity contribution is 0.0822. The molecule has 5 heteroatoms. The first-order chi connectivity index (χ1) is 8.27. The molecule has 1 fully saturated rings. The molecule has 18 heavy (non-hydrogen) atoms. The van der Waals surface area contributed by atoms with Gasteiger partial charge in [-0.15, -0.1) is 0 Å². The number of rotatable bonds is 2. The molecule has 0 radical (unpaired) electrons. The molecule has 1 aromatic carbocycles. The van der Waals surface area contributed by atoms with Gasteiger partial charge in [-0.3, -0.25) is 10.1 Å². The topological polar surface area (TPSA) is 81.4 Å². The molecule has 0 aliphatic carbocycles. The summed E-state index contributed by atoms with van der Waals surface area (Å²) in [5.41, 5.74) is 4.75. The number of hydroxylamine groups is 2. The summed E-state index contributed by atoms with van der Waals surface area (Å²) in [4.78, 5) is 12.3. The van der Waals surface area contributed by atoms with Crippen molar-refractivity contribution in [3.63, 3.8) is 0 Å². The molecular formula is C13H18N3O2-. The quantitative estimate of drug-likeness (QED) is 0.765. The Labute approximate surface area is 107 Å². The van der Waals surface area contributed by atoms with E-state index in [1.165, 1.54) is 0 Å². The largest absolute Gasteiger partial charge is 0.782 e. The van der Waals surface area contributed by atoms with E-state index in [9.17, 15) is 10.0 Å². The van der Waals surface area contributed by atoms with Gasteiger partial charge in [-0.1, -0.05) is 30.3 Å². The molecule has 1 saturated heterocycles. The molecule has 98 valence electrons. The number of carbonyl (C=O) groups excluding carboxylic acids is 1. The van der Waals surface area contributed by atoms with E-state index in [0.717, 1.165) is 0 Å². The molecule has 2 unspecified atom stereocenters. The first kappa shape index (κ1) is 13.2. The van der Waals surface area contributed by atoms with Gasteiger partial charge in [-0.05, 0) is 20.8 Å². The van der Waals surface area contributed by atoms with Crippen molar-refractivity contribution in [1.29, 1.82) is 0 Å². The Kier molecular flexibility index (Phi) is 3.03. The van der Waals surface area contributed by atoms with Gasteiger partial charge >= 0.3 is 0 Å². The van der Waals surface area contributed by atoms with Crippen LogP contribution >= 0.6 is 0 Å². The predicted octanol–water partition coefficient (Wildman–Crippen LogP) is 1.05. The zero-order chi connectivity index (χ0) is 13.6. The summed E-state index contributed by atoms with van der Waals surface area (Å²) in [6.07, 6.45) is -0.933. The summed E-state index contributed by atoms with van der Waals surface area (Å²) in [5.74, 6) is -0.257. The van der Waals surface area contributed by atoms with Gasteiger partial charge in [0.2, 0.25) is 0 Å². The molecule has 2 atom stereocenters. The van der Waals surface area contributed by atoms with Crippen LogP contribution in [0.2, 0.25) is 0 Å². The van der Waals surface area contributed by atoms with E-state index < -0.39 is 17.4 Å². The van der Waals surface area contributed by atoms with Crippen LogP contribution in [0.25, 0.3) is 0 Å². The van der Waals surface area contributed by atoms with Crippen LogP contribution in [-0.2, 0) is 0 Å². The number of benzene rings is 1. The number of carbonyl (C=O) groups is 1. The van der Waals surface area contributed by atoms with Crippen molar-refractivity contribution in [2.24, 2.45) is 5.73 Å². The van der Waals surface area contributed by atoms with E-state index in [1.807, 2.05) is 19.9 Å². The SMILES string of the molecule is CC1(C)NC(C(=O)c2ccccc2)N([O-])C1(C)N. The molecule has 0 spiro atoms. The predicted molar refractivity (Wildman–Crippen MR) is 69.6 cm³/mol. The Morgan fingerprint density at radius 1 is 1.33 bits per heavy atom. The van der Waals surface area contributed by atoms with Crippen molar-refractivity contribution in [2.75, 3.05) is 0 Å². The molecule has 1 aromatic rings. The molecule has 1 aliphatic heterocycles. The van der Waals surface area contributed by atoms with Gasteiger partial charge in [0.1, 0.15) is 6.17 Å². The molecule has 0 amide bonds. The third kappa shape index (κ3) is 1.85. The lowest BCUT2D eigenvalue weighted by Gasteiger charge is -2.44. The Morgan fingerprint density at radius 2 is 1.89 bits per heavy atom. The van der Waals surface area contributed by atoms with Crippen LogP contribution in [0.5, 0.6) is 0 Å². The molecule has 1 heterocycles. The molecule has 0 saturated carbocycles. The lowest BCUT2D eigenvalue weighted by Crippen LogP contribution is -2.60. The normalized spacial score (nSPS) is 31.5. The maximum absolute atomic E-state index is 12.3. The van der Waals surface area contributed by atoms with Crippen LogP contribution in [0.3, 0.4) is 0 Å². The minimum atomic E-state index is -1.12. The molecule has 2 rings (SSSR count). The number of hydrogen-bond acceptors (Lipinski definition) is 5. The second-order valence-electron chi connectivity index (χ2n) is 5.38. The summed E-state index contributed by atoms with van der Waals surface area (Å²) in [7, 11) is 0. The van der Waals surface area contributed by atoms with E-state index in [-0.39, 0.29) is 5.78 Å². The third-order valence-corrected chi connectivity index (χ3v) is 3.76. The van der Waals surface area contributed by atoms with Gasteiger partial charge < -0.3 is 16.0 Å². The van der Waals surface area contributed by atoms with Crippen LogP contribution in [0.15, 0.2) is 30.3 Å². The van der Waals surface area contributed by atoms with Gasteiger partial charge in [-0.2, -0.15) is 0 Å². The smallest absolute Gasteiger partial charge is 0.193 e. The highest BCUT2D eigenvalue weighted by atomic mass is 16.5. The Balaban J connectivity index is 2.30. The number of Topliss-reactive ketones (excluding diaryl/α,β-unsaturated/α-hetero) is 1. The highest BCUT2D eigenvalue weighted by molar-refractivity contribution is 6.00. The van der Waals surface area contributed by atoms with Crippen LogP contribution in [-0.4, -0.2) is 28.2 Å². The van der Waals surface area contributed by atoms with E-state index in [2.05, 4.69) is 5.32 Å². The van der Waals surface area contributed by atoms with Crippen LogP contribution in [0.1, 0.15) is 31.1 Å². The summed E-state index contributed by atoms with van der Waals surface area (Å²) < 4.78 is 0. The Morgan fingerprint density at radius 3 is 2.33 bits per heavy atom. The fourth-order valence-electron chi connectivity index (χ4n) is 2.02. The first-order valence-corrected chi connectivity index (χ1v) is 5.90. The second kappa shape index (κ2) is 4.13. The van der Waals surface area contributed by atoms with E-state index in [4.69, 9.17) is 5.73 Å². The maximum Gasteiger partial charge on any atom is 0.193 e. The number of nitrogens with two attached hydrogens (primary N) is 1. The molecule has 3 N–H and O–H groups in total. The number of hydrogen-bond donors (Lipinski definition) is 2. The monoisotopic (exact) mass is 248 g/mol. The average Bonchev–Trinajstić information content (AvgIpc) is 2.50. The van der Waals surface area contributed by atoms with Crippen molar-refractivity contribution in [3.05, 3.63) is 41.1 Å². The second-order valence-corrected chi connectivity index (χ2v) is 5.38. The minimum Gasteiger partial charge on any atom is -0.782 e. The summed E-state index contributed by atoms with van der Waals surface area (Å²) >= 11 is 0. The Bertz CT molecular complexity index is 457. The zero-order valence-electron chi connectivity index (χ0n) is 10.8. The lowest BCUT2D eigenvalue weighted by atomic mass is 9.92. The minimum absolute atomic E-state index is 0.257. The van der Waals surface area contributed by atoms with Crippen LogP contribution in [0.4, 0.5) is 0 Å². The van der Waals surface area contributed by atoms with Gasteiger partial charge in [0.05, 0.1) is 5.66 Å². The number of nitrogens with one attached hydrogen (secondary N) is 1. The molecule has 5 nitrogen and oxygen atoms in total. The summed E-state index contributed by atoms with van der Waals surface area (Å²) in [6.45, 7) is 5.26. The Hall–Kier alpha value is -1.27. The van der Waals surface area contributed by atoms with Gasteiger partial charge in [0.15, 0.2) is 5.78 Å². The average molecular weight is 248 g/mol. The molecule has 0 aromatic heterocycles. The van der Waals surface area contributed by atoms with Crippen molar-refractivity contribution in [3.8, 4) is 0 Å². The van der Waals surface area contributed by atoms with E-state index in [0.29, 0.717) is 10.6 Å². The first-order valence-electron chi connectivity index (χ1n) is 5.90. The zero-order valence-corrected chi connectivity index (χ0v) is 10.8. The standard InChI is InChI=1S/C13H18N3O2/c1-12(2)13(3,14)16(18)11(15-12)10(17)9-7-5-4-6-8-9/h4-8,11,15H,14H2,1-3H3/q-1. The third-order valence-electron chi connectivity index (χ3n) is 3.76. The van der Waals surface area contributed by atoms with Crippen molar-refractivity contribution in [1.82, 2.24) is 10.4 Å². The van der Waals surface area contributed by atoms with Crippen molar-refractivity contribution < 1.29 is 4.79 Å². The molecule has 0 bridgehead atoms. The van der Waals surface area contributed by atoms with Gasteiger partial charge in [0.25, 0.3) is 0 Å².